The smallest absolute Gasteiger partial charge is 0.265 e. The number of ether oxygens (including phenoxy) is 1. The number of hydrogen-bond donors (Lipinski definition) is 1. The molecule has 0 aliphatic carbocycles. The summed E-state index contributed by atoms with van der Waals surface area (Å²) in [6.07, 6.45) is 6.27. The molecule has 2 amide bonds. The van der Waals surface area contributed by atoms with Gasteiger partial charge in [0, 0.05) is 26.1 Å². The Morgan fingerprint density at radius 1 is 1.15 bits per heavy atom. The molecular weight excluding hydrogens is 342 g/mol. The van der Waals surface area contributed by atoms with Crippen LogP contribution in [0, 0.1) is 6.92 Å². The van der Waals surface area contributed by atoms with E-state index in [-0.39, 0.29) is 18.4 Å². The van der Waals surface area contributed by atoms with Crippen molar-refractivity contribution in [3.05, 3.63) is 23.8 Å². The van der Waals surface area contributed by atoms with Crippen LogP contribution in [0.5, 0.6) is 5.75 Å². The van der Waals surface area contributed by atoms with Crippen LogP contribution in [-0.4, -0.2) is 56.0 Å². The fraction of sp³-hybridized carbons (Fsp3) is 0.619. The molecule has 2 heterocycles. The molecule has 0 atom stereocenters. The quantitative estimate of drug-likeness (QED) is 0.798. The second-order valence-corrected chi connectivity index (χ2v) is 7.51. The minimum Gasteiger partial charge on any atom is -0.482 e. The van der Waals surface area contributed by atoms with Crippen LogP contribution in [0.25, 0.3) is 0 Å². The van der Waals surface area contributed by atoms with Gasteiger partial charge in [-0.2, -0.15) is 0 Å². The van der Waals surface area contributed by atoms with Crippen LogP contribution in [0.15, 0.2) is 18.2 Å². The van der Waals surface area contributed by atoms with E-state index in [4.69, 9.17) is 4.74 Å². The van der Waals surface area contributed by atoms with Crippen molar-refractivity contribution in [1.29, 1.82) is 0 Å². The van der Waals surface area contributed by atoms with E-state index in [1.807, 2.05) is 25.1 Å². The van der Waals surface area contributed by atoms with Crippen LogP contribution < -0.4 is 15.0 Å². The highest BCUT2D eigenvalue weighted by atomic mass is 16.5. The second kappa shape index (κ2) is 9.74. The first-order valence-corrected chi connectivity index (χ1v) is 10.2. The minimum atomic E-state index is -0.0466. The molecule has 2 aliphatic heterocycles. The summed E-state index contributed by atoms with van der Waals surface area (Å²) in [6, 6.07) is 5.85. The van der Waals surface area contributed by atoms with Crippen molar-refractivity contribution in [3.8, 4) is 5.75 Å². The number of hydrogen-bond acceptors (Lipinski definition) is 4. The first-order chi connectivity index (χ1) is 13.1. The Labute approximate surface area is 161 Å². The predicted octanol–water partition coefficient (Wildman–Crippen LogP) is 2.49. The van der Waals surface area contributed by atoms with Gasteiger partial charge in [-0.05, 0) is 57.0 Å². The Hall–Kier alpha value is -2.08. The molecule has 148 valence electrons. The van der Waals surface area contributed by atoms with E-state index in [0.717, 1.165) is 36.6 Å². The molecule has 1 saturated heterocycles. The fourth-order valence-corrected chi connectivity index (χ4v) is 3.76. The van der Waals surface area contributed by atoms with E-state index in [1.165, 1.54) is 25.7 Å². The monoisotopic (exact) mass is 373 g/mol. The van der Waals surface area contributed by atoms with E-state index in [9.17, 15) is 9.59 Å². The molecule has 1 aromatic rings. The topological polar surface area (TPSA) is 61.9 Å². The highest BCUT2D eigenvalue weighted by Crippen LogP contribution is 2.32. The van der Waals surface area contributed by atoms with Gasteiger partial charge in [-0.15, -0.1) is 0 Å². The van der Waals surface area contributed by atoms with Crippen molar-refractivity contribution in [2.24, 2.45) is 0 Å². The first kappa shape index (κ1) is 19.7. The Kier molecular flexibility index (Phi) is 7.10. The molecule has 6 heteroatoms. The number of rotatable bonds is 7. The largest absolute Gasteiger partial charge is 0.482 e. The molecule has 2 aliphatic rings. The predicted molar refractivity (Wildman–Crippen MR) is 106 cm³/mol. The van der Waals surface area contributed by atoms with Crippen LogP contribution >= 0.6 is 0 Å². The number of carbonyl (C=O) groups is 2. The van der Waals surface area contributed by atoms with Gasteiger partial charge in [0.1, 0.15) is 5.75 Å². The van der Waals surface area contributed by atoms with Gasteiger partial charge in [0.05, 0.1) is 5.69 Å². The van der Waals surface area contributed by atoms with E-state index in [1.54, 1.807) is 4.90 Å². The third-order valence-electron chi connectivity index (χ3n) is 5.29. The number of carbonyl (C=O) groups excluding carboxylic acids is 2. The van der Waals surface area contributed by atoms with Gasteiger partial charge >= 0.3 is 0 Å². The summed E-state index contributed by atoms with van der Waals surface area (Å²) < 4.78 is 5.49. The summed E-state index contributed by atoms with van der Waals surface area (Å²) in [6.45, 7) is 6.53. The second-order valence-electron chi connectivity index (χ2n) is 7.51. The lowest BCUT2D eigenvalue weighted by atomic mass is 10.1. The third-order valence-corrected chi connectivity index (χ3v) is 5.29. The summed E-state index contributed by atoms with van der Waals surface area (Å²) in [5.41, 5.74) is 1.90. The normalized spacial score (nSPS) is 17.8. The molecule has 1 N–H and O–H groups in total. The number of benzene rings is 1. The van der Waals surface area contributed by atoms with Gasteiger partial charge < -0.3 is 19.9 Å². The van der Waals surface area contributed by atoms with E-state index in [0.29, 0.717) is 25.9 Å². The van der Waals surface area contributed by atoms with Crippen molar-refractivity contribution in [2.45, 2.75) is 45.4 Å². The molecule has 6 nitrogen and oxygen atoms in total. The van der Waals surface area contributed by atoms with E-state index in [2.05, 4.69) is 10.2 Å². The maximum atomic E-state index is 12.2. The van der Waals surface area contributed by atoms with Gasteiger partial charge in [0.25, 0.3) is 5.91 Å². The van der Waals surface area contributed by atoms with Gasteiger partial charge in [-0.3, -0.25) is 9.59 Å². The van der Waals surface area contributed by atoms with Crippen LogP contribution in [0.2, 0.25) is 0 Å². The number of anilines is 1. The molecule has 0 bridgehead atoms. The Bertz CT molecular complexity index is 654. The number of nitrogens with zero attached hydrogens (tertiary/aromatic N) is 2. The summed E-state index contributed by atoms with van der Waals surface area (Å²) >= 11 is 0. The van der Waals surface area contributed by atoms with Gasteiger partial charge in [0.2, 0.25) is 5.91 Å². The van der Waals surface area contributed by atoms with Crippen LogP contribution in [0.3, 0.4) is 0 Å². The van der Waals surface area contributed by atoms with E-state index >= 15 is 0 Å². The summed E-state index contributed by atoms with van der Waals surface area (Å²) in [4.78, 5) is 28.5. The molecular formula is C21H31N3O3. The fourth-order valence-electron chi connectivity index (χ4n) is 3.76. The van der Waals surface area contributed by atoms with Crippen molar-refractivity contribution >= 4 is 17.5 Å². The van der Waals surface area contributed by atoms with Gasteiger partial charge in [-0.25, -0.2) is 0 Å². The van der Waals surface area contributed by atoms with Gasteiger partial charge in [0.15, 0.2) is 6.61 Å². The molecule has 0 aromatic heterocycles. The van der Waals surface area contributed by atoms with Crippen LogP contribution in [0.4, 0.5) is 5.69 Å². The summed E-state index contributed by atoms with van der Waals surface area (Å²) in [7, 11) is 0. The molecule has 0 unspecified atom stereocenters. The van der Waals surface area contributed by atoms with E-state index < -0.39 is 0 Å². The molecule has 0 radical (unpaired) electrons. The number of fused-ring (bicyclic) bond motifs is 1. The summed E-state index contributed by atoms with van der Waals surface area (Å²) in [5, 5.41) is 3.02. The number of aryl methyl sites for hydroxylation is 1. The number of nitrogens with one attached hydrogen (secondary N) is 1. The van der Waals surface area contributed by atoms with Crippen molar-refractivity contribution in [2.75, 3.05) is 44.2 Å². The average Bonchev–Trinajstić information content (AvgIpc) is 2.92. The SMILES string of the molecule is Cc1ccc2c(c1)N(CCCC(=O)NCCN1CCCCCC1)C(=O)CO2. The highest BCUT2D eigenvalue weighted by molar-refractivity contribution is 5.97. The first-order valence-electron chi connectivity index (χ1n) is 10.2. The zero-order valence-electron chi connectivity index (χ0n) is 16.3. The molecule has 27 heavy (non-hydrogen) atoms. The van der Waals surface area contributed by atoms with Crippen LogP contribution in [0.1, 0.15) is 44.1 Å². The lowest BCUT2D eigenvalue weighted by Gasteiger charge is -2.29. The van der Waals surface area contributed by atoms with Crippen LogP contribution in [-0.2, 0) is 9.59 Å². The van der Waals surface area contributed by atoms with Crippen molar-refractivity contribution in [1.82, 2.24) is 10.2 Å². The molecule has 3 rings (SSSR count). The lowest BCUT2D eigenvalue weighted by Crippen LogP contribution is -2.40. The average molecular weight is 373 g/mol. The molecule has 0 spiro atoms. The third kappa shape index (κ3) is 5.70. The lowest BCUT2D eigenvalue weighted by molar-refractivity contribution is -0.122. The Balaban J connectivity index is 1.39. The van der Waals surface area contributed by atoms with Crippen molar-refractivity contribution < 1.29 is 14.3 Å². The van der Waals surface area contributed by atoms with Gasteiger partial charge in [-0.1, -0.05) is 18.9 Å². The molecule has 1 fully saturated rings. The number of likely N-dealkylation sites (tertiary alicyclic amines) is 1. The molecule has 0 saturated carbocycles. The summed E-state index contributed by atoms with van der Waals surface area (Å²) in [5.74, 6) is 0.756. The Morgan fingerprint density at radius 3 is 2.70 bits per heavy atom. The zero-order chi connectivity index (χ0) is 19.1. The minimum absolute atomic E-state index is 0.0466. The highest BCUT2D eigenvalue weighted by Gasteiger charge is 2.25. The molecule has 1 aromatic carbocycles. The zero-order valence-corrected chi connectivity index (χ0v) is 16.3. The Morgan fingerprint density at radius 2 is 1.93 bits per heavy atom. The van der Waals surface area contributed by atoms with Crippen molar-refractivity contribution in [3.63, 3.8) is 0 Å². The number of amides is 2. The standard InChI is InChI=1S/C21H31N3O3/c1-17-8-9-19-18(15-17)24(21(26)16-27-19)13-6-7-20(25)22-10-14-23-11-4-2-3-5-12-23/h8-9,15H,2-7,10-14,16H2,1H3,(H,22,25). The maximum Gasteiger partial charge on any atom is 0.265 e. The maximum absolute atomic E-state index is 12.2.